The third-order valence-electron chi connectivity index (χ3n) is 3.06. The lowest BCUT2D eigenvalue weighted by molar-refractivity contribution is 0.406. The maximum absolute atomic E-state index is 9.84. The van der Waals surface area contributed by atoms with E-state index in [1.54, 1.807) is 31.4 Å². The van der Waals surface area contributed by atoms with Crippen molar-refractivity contribution in [2.24, 2.45) is 0 Å². The first kappa shape index (κ1) is 12.3. The van der Waals surface area contributed by atoms with E-state index in [0.29, 0.717) is 22.8 Å². The van der Waals surface area contributed by atoms with Gasteiger partial charge >= 0.3 is 0 Å². The summed E-state index contributed by atoms with van der Waals surface area (Å²) in [7, 11) is 1.61. The maximum Gasteiger partial charge on any atom is 0.171 e. The lowest BCUT2D eigenvalue weighted by Crippen LogP contribution is -1.85. The van der Waals surface area contributed by atoms with Crippen molar-refractivity contribution in [2.45, 2.75) is 0 Å². The van der Waals surface area contributed by atoms with Crippen LogP contribution in [0.1, 0.15) is 0 Å². The predicted octanol–water partition coefficient (Wildman–Crippen LogP) is 3.72. The van der Waals surface area contributed by atoms with Crippen molar-refractivity contribution in [2.75, 3.05) is 7.11 Å². The Bertz CT molecular complexity index is 734. The SMILES string of the molecule is COc1ccccc1-c1cc(-c2ccccc2O)no1. The van der Waals surface area contributed by atoms with Crippen LogP contribution < -0.4 is 4.74 Å². The molecule has 0 spiro atoms. The Labute approximate surface area is 116 Å². The highest BCUT2D eigenvalue weighted by atomic mass is 16.5. The van der Waals surface area contributed by atoms with E-state index >= 15 is 0 Å². The molecule has 0 saturated heterocycles. The van der Waals surface area contributed by atoms with Crippen LogP contribution in [0.25, 0.3) is 22.6 Å². The predicted molar refractivity (Wildman–Crippen MR) is 75.6 cm³/mol. The van der Waals surface area contributed by atoms with E-state index in [2.05, 4.69) is 5.16 Å². The minimum atomic E-state index is 0.173. The molecule has 0 aliphatic heterocycles. The van der Waals surface area contributed by atoms with Crippen LogP contribution in [0, 0.1) is 0 Å². The van der Waals surface area contributed by atoms with E-state index in [4.69, 9.17) is 9.26 Å². The number of ether oxygens (including phenoxy) is 1. The molecule has 1 aromatic heterocycles. The fourth-order valence-corrected chi connectivity index (χ4v) is 2.07. The second kappa shape index (κ2) is 5.09. The highest BCUT2D eigenvalue weighted by molar-refractivity contribution is 5.73. The Kier molecular flexibility index (Phi) is 3.13. The summed E-state index contributed by atoms with van der Waals surface area (Å²) in [5, 5.41) is 13.8. The molecule has 0 radical (unpaired) electrons. The molecule has 4 heteroatoms. The van der Waals surface area contributed by atoms with E-state index in [9.17, 15) is 5.11 Å². The van der Waals surface area contributed by atoms with Gasteiger partial charge in [0.2, 0.25) is 0 Å². The first-order valence-corrected chi connectivity index (χ1v) is 6.18. The molecule has 0 aliphatic carbocycles. The van der Waals surface area contributed by atoms with Gasteiger partial charge < -0.3 is 14.4 Å². The van der Waals surface area contributed by atoms with Gasteiger partial charge in [-0.2, -0.15) is 0 Å². The second-order valence-electron chi connectivity index (χ2n) is 4.29. The van der Waals surface area contributed by atoms with Crippen molar-refractivity contribution in [1.82, 2.24) is 5.16 Å². The van der Waals surface area contributed by atoms with Crippen LogP contribution in [0.15, 0.2) is 59.1 Å². The highest BCUT2D eigenvalue weighted by Gasteiger charge is 2.14. The van der Waals surface area contributed by atoms with Crippen molar-refractivity contribution in [3.05, 3.63) is 54.6 Å². The number of para-hydroxylation sites is 2. The largest absolute Gasteiger partial charge is 0.507 e. The Morgan fingerprint density at radius 1 is 1.00 bits per heavy atom. The summed E-state index contributed by atoms with van der Waals surface area (Å²) in [6, 6.07) is 16.3. The third kappa shape index (κ3) is 2.12. The molecular formula is C16H13NO3. The molecule has 20 heavy (non-hydrogen) atoms. The van der Waals surface area contributed by atoms with E-state index in [0.717, 1.165) is 5.56 Å². The van der Waals surface area contributed by atoms with Crippen LogP contribution in [-0.4, -0.2) is 17.4 Å². The fourth-order valence-electron chi connectivity index (χ4n) is 2.07. The van der Waals surface area contributed by atoms with E-state index in [1.165, 1.54) is 0 Å². The molecule has 1 heterocycles. The average Bonchev–Trinajstić information content (AvgIpc) is 2.97. The van der Waals surface area contributed by atoms with Crippen molar-refractivity contribution < 1.29 is 14.4 Å². The van der Waals surface area contributed by atoms with Gasteiger partial charge in [0.25, 0.3) is 0 Å². The van der Waals surface area contributed by atoms with E-state index in [-0.39, 0.29) is 5.75 Å². The number of aromatic nitrogens is 1. The summed E-state index contributed by atoms with van der Waals surface area (Å²) in [4.78, 5) is 0. The number of benzene rings is 2. The highest BCUT2D eigenvalue weighted by Crippen LogP contribution is 2.34. The molecule has 3 aromatic rings. The monoisotopic (exact) mass is 267 g/mol. The van der Waals surface area contributed by atoms with Gasteiger partial charge in [0, 0.05) is 11.6 Å². The number of rotatable bonds is 3. The zero-order valence-electron chi connectivity index (χ0n) is 10.9. The second-order valence-corrected chi connectivity index (χ2v) is 4.29. The van der Waals surface area contributed by atoms with Gasteiger partial charge in [0.15, 0.2) is 5.76 Å². The summed E-state index contributed by atoms with van der Waals surface area (Å²) >= 11 is 0. The molecular weight excluding hydrogens is 254 g/mol. The summed E-state index contributed by atoms with van der Waals surface area (Å²) in [6.45, 7) is 0. The van der Waals surface area contributed by atoms with Gasteiger partial charge in [-0.05, 0) is 24.3 Å². The van der Waals surface area contributed by atoms with Gasteiger partial charge in [-0.3, -0.25) is 0 Å². The molecule has 0 bridgehead atoms. The lowest BCUT2D eigenvalue weighted by Gasteiger charge is -2.03. The van der Waals surface area contributed by atoms with Gasteiger partial charge in [-0.25, -0.2) is 0 Å². The summed E-state index contributed by atoms with van der Waals surface area (Å²) < 4.78 is 10.7. The molecule has 4 nitrogen and oxygen atoms in total. The molecule has 0 fully saturated rings. The van der Waals surface area contributed by atoms with Gasteiger partial charge in [-0.1, -0.05) is 29.4 Å². The number of methoxy groups -OCH3 is 1. The minimum absolute atomic E-state index is 0.173. The van der Waals surface area contributed by atoms with Crippen molar-refractivity contribution in [1.29, 1.82) is 0 Å². The summed E-state index contributed by atoms with van der Waals surface area (Å²) in [5.41, 5.74) is 2.05. The van der Waals surface area contributed by atoms with Gasteiger partial charge in [-0.15, -0.1) is 0 Å². The maximum atomic E-state index is 9.84. The molecule has 1 N–H and O–H groups in total. The lowest BCUT2D eigenvalue weighted by atomic mass is 10.1. The normalized spacial score (nSPS) is 10.4. The fraction of sp³-hybridized carbons (Fsp3) is 0.0625. The summed E-state index contributed by atoms with van der Waals surface area (Å²) in [6.07, 6.45) is 0. The smallest absolute Gasteiger partial charge is 0.171 e. The van der Waals surface area contributed by atoms with Gasteiger partial charge in [0.1, 0.15) is 17.2 Å². The van der Waals surface area contributed by atoms with Crippen LogP contribution in [0.5, 0.6) is 11.5 Å². The molecule has 100 valence electrons. The Balaban J connectivity index is 2.05. The zero-order valence-corrected chi connectivity index (χ0v) is 10.9. The number of aromatic hydroxyl groups is 1. The number of phenols is 1. The van der Waals surface area contributed by atoms with Crippen LogP contribution >= 0.6 is 0 Å². The van der Waals surface area contributed by atoms with Crippen molar-refractivity contribution in [3.8, 4) is 34.1 Å². The Morgan fingerprint density at radius 2 is 1.70 bits per heavy atom. The standard InChI is InChI=1S/C16H13NO3/c1-19-15-9-5-3-7-12(15)16-10-13(17-20-16)11-6-2-4-8-14(11)18/h2-10,18H,1H3. The molecule has 0 atom stereocenters. The number of hydrogen-bond acceptors (Lipinski definition) is 4. The number of phenolic OH excluding ortho intramolecular Hbond substituents is 1. The topological polar surface area (TPSA) is 55.5 Å². The van der Waals surface area contributed by atoms with Gasteiger partial charge in [0.05, 0.1) is 12.7 Å². The Morgan fingerprint density at radius 3 is 2.45 bits per heavy atom. The summed E-state index contributed by atoms with van der Waals surface area (Å²) in [5.74, 6) is 1.49. The molecule has 0 unspecified atom stereocenters. The molecule has 0 aliphatic rings. The van der Waals surface area contributed by atoms with Crippen LogP contribution in [0.4, 0.5) is 0 Å². The number of nitrogens with zero attached hydrogens (tertiary/aromatic N) is 1. The first-order chi connectivity index (χ1) is 9.79. The van der Waals surface area contributed by atoms with Crippen molar-refractivity contribution in [3.63, 3.8) is 0 Å². The van der Waals surface area contributed by atoms with Crippen molar-refractivity contribution >= 4 is 0 Å². The van der Waals surface area contributed by atoms with Crippen LogP contribution in [-0.2, 0) is 0 Å². The van der Waals surface area contributed by atoms with Crippen LogP contribution in [0.2, 0.25) is 0 Å². The quantitative estimate of drug-likeness (QED) is 0.785. The van der Waals surface area contributed by atoms with E-state index < -0.39 is 0 Å². The molecule has 0 amide bonds. The Hall–Kier alpha value is -2.75. The minimum Gasteiger partial charge on any atom is -0.507 e. The first-order valence-electron chi connectivity index (χ1n) is 6.18. The number of hydrogen-bond donors (Lipinski definition) is 1. The van der Waals surface area contributed by atoms with Crippen LogP contribution in [0.3, 0.4) is 0 Å². The van der Waals surface area contributed by atoms with E-state index in [1.807, 2.05) is 30.3 Å². The molecule has 0 saturated carbocycles. The zero-order chi connectivity index (χ0) is 13.9. The average molecular weight is 267 g/mol. The molecule has 3 rings (SSSR count). The third-order valence-corrected chi connectivity index (χ3v) is 3.06. The molecule has 2 aromatic carbocycles.